The van der Waals surface area contributed by atoms with Crippen LogP contribution >= 0.6 is 0 Å². The van der Waals surface area contributed by atoms with E-state index in [2.05, 4.69) is 24.2 Å². The molecule has 0 fully saturated rings. The van der Waals surface area contributed by atoms with Crippen molar-refractivity contribution in [2.75, 3.05) is 12.8 Å². The van der Waals surface area contributed by atoms with Crippen molar-refractivity contribution in [3.63, 3.8) is 0 Å². The van der Waals surface area contributed by atoms with Gasteiger partial charge in [-0.1, -0.05) is 26.0 Å². The molecule has 0 bridgehead atoms. The second-order valence-electron chi connectivity index (χ2n) is 4.89. The maximum Gasteiger partial charge on any atom is 0.188 e. The van der Waals surface area contributed by atoms with E-state index in [9.17, 15) is 8.42 Å². The van der Waals surface area contributed by atoms with Crippen LogP contribution in [0.25, 0.3) is 0 Å². The summed E-state index contributed by atoms with van der Waals surface area (Å²) in [5, 5.41) is 3.02. The Hall–Kier alpha value is -1.56. The Balaban J connectivity index is 2.61. The molecule has 0 aliphatic heterocycles. The molecule has 0 atom stereocenters. The lowest BCUT2D eigenvalue weighted by Gasteiger charge is -2.07. The van der Waals surface area contributed by atoms with Crippen LogP contribution in [0, 0.1) is 5.92 Å². The van der Waals surface area contributed by atoms with Crippen LogP contribution in [-0.4, -0.2) is 27.2 Å². The van der Waals surface area contributed by atoms with Gasteiger partial charge in [-0.15, -0.1) is 0 Å². The van der Waals surface area contributed by atoms with Gasteiger partial charge in [-0.3, -0.25) is 0 Å². The van der Waals surface area contributed by atoms with Gasteiger partial charge in [0, 0.05) is 12.8 Å². The quantitative estimate of drug-likeness (QED) is 0.627. The molecule has 1 aromatic carbocycles. The van der Waals surface area contributed by atoms with Crippen LogP contribution in [0.2, 0.25) is 0 Å². The monoisotopic (exact) mass is 283 g/mol. The zero-order valence-electron chi connectivity index (χ0n) is 11.6. The predicted molar refractivity (Wildman–Crippen MR) is 77.7 cm³/mol. The number of aliphatic imine (C=N–C) groups is 1. The first-order valence-electron chi connectivity index (χ1n) is 6.12. The lowest BCUT2D eigenvalue weighted by Crippen LogP contribution is -2.34. The van der Waals surface area contributed by atoms with Crippen LogP contribution in [0.4, 0.5) is 0 Å². The van der Waals surface area contributed by atoms with E-state index in [0.717, 1.165) is 12.1 Å². The van der Waals surface area contributed by atoms with Gasteiger partial charge in [0.2, 0.25) is 0 Å². The molecule has 5 nitrogen and oxygen atoms in total. The summed E-state index contributed by atoms with van der Waals surface area (Å²) in [6.45, 7) is 5.39. The van der Waals surface area contributed by atoms with Crippen molar-refractivity contribution in [3.05, 3.63) is 29.8 Å². The first-order valence-corrected chi connectivity index (χ1v) is 8.01. The van der Waals surface area contributed by atoms with Gasteiger partial charge in [0.1, 0.15) is 0 Å². The average Bonchev–Trinajstić information content (AvgIpc) is 2.33. The van der Waals surface area contributed by atoms with Gasteiger partial charge in [-0.2, -0.15) is 0 Å². The fourth-order valence-electron chi connectivity index (χ4n) is 1.38. The van der Waals surface area contributed by atoms with Gasteiger partial charge in [0.15, 0.2) is 15.8 Å². The van der Waals surface area contributed by atoms with Crippen molar-refractivity contribution in [1.29, 1.82) is 0 Å². The third kappa shape index (κ3) is 5.74. The van der Waals surface area contributed by atoms with Crippen molar-refractivity contribution in [2.45, 2.75) is 25.3 Å². The van der Waals surface area contributed by atoms with Crippen LogP contribution in [0.1, 0.15) is 19.4 Å². The summed E-state index contributed by atoms with van der Waals surface area (Å²) in [5.41, 5.74) is 6.63. The number of nitrogens with one attached hydrogen (secondary N) is 1. The molecular weight excluding hydrogens is 262 g/mol. The van der Waals surface area contributed by atoms with Crippen molar-refractivity contribution < 1.29 is 8.42 Å². The van der Waals surface area contributed by atoms with Crippen LogP contribution < -0.4 is 11.1 Å². The van der Waals surface area contributed by atoms with Crippen molar-refractivity contribution in [3.8, 4) is 0 Å². The normalized spacial score (nSPS) is 12.7. The minimum absolute atomic E-state index is 0.311. The molecule has 0 unspecified atom stereocenters. The Morgan fingerprint density at radius 2 is 1.89 bits per heavy atom. The van der Waals surface area contributed by atoms with E-state index in [1.165, 1.54) is 6.26 Å². The highest BCUT2D eigenvalue weighted by atomic mass is 32.2. The Labute approximate surface area is 114 Å². The molecule has 0 radical (unpaired) electrons. The topological polar surface area (TPSA) is 84.5 Å². The fraction of sp³-hybridized carbons (Fsp3) is 0.462. The number of sulfone groups is 1. The highest BCUT2D eigenvalue weighted by molar-refractivity contribution is 7.90. The standard InChI is InChI=1S/C13H21N3O2S/c1-10(2)8-15-13(14)16-9-11-4-6-12(7-5-11)19(3,17)18/h4-7,10H,8-9H2,1-3H3,(H3,14,15,16). The molecule has 0 heterocycles. The summed E-state index contributed by atoms with van der Waals surface area (Å²) in [7, 11) is -3.14. The van der Waals surface area contributed by atoms with Crippen LogP contribution in [0.15, 0.2) is 34.2 Å². The van der Waals surface area contributed by atoms with E-state index in [1.54, 1.807) is 24.3 Å². The Kier molecular flexibility index (Phi) is 5.35. The molecule has 0 saturated carbocycles. The van der Waals surface area contributed by atoms with Crippen LogP contribution in [0.3, 0.4) is 0 Å². The minimum atomic E-state index is -3.14. The molecule has 0 amide bonds. The van der Waals surface area contributed by atoms with E-state index >= 15 is 0 Å². The highest BCUT2D eigenvalue weighted by Gasteiger charge is 2.05. The second-order valence-corrected chi connectivity index (χ2v) is 6.91. The molecule has 0 spiro atoms. The summed E-state index contributed by atoms with van der Waals surface area (Å²) in [6, 6.07) is 6.65. The lowest BCUT2D eigenvalue weighted by atomic mass is 10.2. The highest BCUT2D eigenvalue weighted by Crippen LogP contribution is 2.10. The van der Waals surface area contributed by atoms with Gasteiger partial charge in [-0.05, 0) is 23.6 Å². The molecule has 1 rings (SSSR count). The van der Waals surface area contributed by atoms with E-state index in [4.69, 9.17) is 5.73 Å². The number of hydrogen-bond donors (Lipinski definition) is 2. The van der Waals surface area contributed by atoms with Crippen molar-refractivity contribution in [1.82, 2.24) is 5.32 Å². The average molecular weight is 283 g/mol. The summed E-state index contributed by atoms with van der Waals surface area (Å²) >= 11 is 0. The molecule has 6 heteroatoms. The largest absolute Gasteiger partial charge is 0.370 e. The van der Waals surface area contributed by atoms with Gasteiger partial charge >= 0.3 is 0 Å². The van der Waals surface area contributed by atoms with Crippen LogP contribution in [0.5, 0.6) is 0 Å². The molecule has 0 saturated heterocycles. The van der Waals surface area contributed by atoms with Crippen LogP contribution in [-0.2, 0) is 16.4 Å². The first kappa shape index (κ1) is 15.5. The molecular formula is C13H21N3O2S. The number of hydrogen-bond acceptors (Lipinski definition) is 3. The molecule has 3 N–H and O–H groups in total. The smallest absolute Gasteiger partial charge is 0.188 e. The van der Waals surface area contributed by atoms with E-state index < -0.39 is 9.84 Å². The summed E-state index contributed by atoms with van der Waals surface area (Å²) in [5.74, 6) is 0.906. The minimum Gasteiger partial charge on any atom is -0.370 e. The molecule has 106 valence electrons. The predicted octanol–water partition coefficient (Wildman–Crippen LogP) is 1.15. The number of nitrogens with two attached hydrogens (primary N) is 1. The molecule has 0 aromatic heterocycles. The number of rotatable bonds is 5. The van der Waals surface area contributed by atoms with E-state index in [1.807, 2.05) is 0 Å². The van der Waals surface area contributed by atoms with Crippen molar-refractivity contribution >= 4 is 15.8 Å². The Morgan fingerprint density at radius 3 is 2.37 bits per heavy atom. The molecule has 1 aromatic rings. The van der Waals surface area contributed by atoms with Crippen molar-refractivity contribution in [2.24, 2.45) is 16.6 Å². The third-order valence-electron chi connectivity index (χ3n) is 2.47. The maximum absolute atomic E-state index is 11.3. The summed E-state index contributed by atoms with van der Waals surface area (Å²) in [6.07, 6.45) is 1.19. The molecule has 0 aliphatic carbocycles. The molecule has 19 heavy (non-hydrogen) atoms. The van der Waals surface area contributed by atoms with E-state index in [0.29, 0.717) is 23.3 Å². The first-order chi connectivity index (χ1) is 8.79. The number of nitrogens with zero attached hydrogens (tertiary/aromatic N) is 1. The van der Waals surface area contributed by atoms with Gasteiger partial charge in [0.25, 0.3) is 0 Å². The SMILES string of the molecule is CC(C)CNC(N)=NCc1ccc(S(C)(=O)=O)cc1. The van der Waals surface area contributed by atoms with E-state index in [-0.39, 0.29) is 0 Å². The third-order valence-corrected chi connectivity index (χ3v) is 3.60. The second kappa shape index (κ2) is 6.56. The van der Waals surface area contributed by atoms with Gasteiger partial charge in [0.05, 0.1) is 11.4 Å². The number of guanidine groups is 1. The fourth-order valence-corrected chi connectivity index (χ4v) is 2.01. The summed E-state index contributed by atoms with van der Waals surface area (Å²) < 4.78 is 22.6. The zero-order chi connectivity index (χ0) is 14.5. The summed E-state index contributed by atoms with van der Waals surface area (Å²) in [4.78, 5) is 4.50. The van der Waals surface area contributed by atoms with Gasteiger partial charge < -0.3 is 11.1 Å². The Bertz CT molecular complexity index is 534. The molecule has 0 aliphatic rings. The number of benzene rings is 1. The zero-order valence-corrected chi connectivity index (χ0v) is 12.4. The maximum atomic E-state index is 11.3. The lowest BCUT2D eigenvalue weighted by molar-refractivity contribution is 0.602. The van der Waals surface area contributed by atoms with Gasteiger partial charge in [-0.25, -0.2) is 13.4 Å². The Morgan fingerprint density at radius 1 is 1.32 bits per heavy atom.